The van der Waals surface area contributed by atoms with Gasteiger partial charge < -0.3 is 10.2 Å². The lowest BCUT2D eigenvalue weighted by Crippen LogP contribution is -2.42. The van der Waals surface area contributed by atoms with Crippen LogP contribution in [-0.4, -0.2) is 37.6 Å². The molecule has 0 radical (unpaired) electrons. The van der Waals surface area contributed by atoms with E-state index in [1.807, 2.05) is 55.5 Å². The zero-order valence-electron chi connectivity index (χ0n) is 20.4. The van der Waals surface area contributed by atoms with E-state index in [0.29, 0.717) is 5.69 Å². The minimum Gasteiger partial charge on any atom is -0.343 e. The summed E-state index contributed by atoms with van der Waals surface area (Å²) >= 11 is 0. The van der Waals surface area contributed by atoms with Gasteiger partial charge in [-0.15, -0.1) is 0 Å². The predicted molar refractivity (Wildman–Crippen MR) is 140 cm³/mol. The second-order valence-corrected chi connectivity index (χ2v) is 9.20. The number of nitrogens with zero attached hydrogens (tertiary/aromatic N) is 5. The molecule has 188 valence electrons. The van der Waals surface area contributed by atoms with Crippen LogP contribution in [0.1, 0.15) is 29.1 Å². The van der Waals surface area contributed by atoms with Crippen LogP contribution in [0.2, 0.25) is 0 Å². The Morgan fingerprint density at radius 3 is 2.37 bits per heavy atom. The summed E-state index contributed by atoms with van der Waals surface area (Å²) in [5.41, 5.74) is 3.14. The predicted octanol–water partition coefficient (Wildman–Crippen LogP) is 4.48. The molecule has 0 bridgehead atoms. The third kappa shape index (κ3) is 4.07. The molecule has 2 aromatic heterocycles. The molecule has 5 aromatic rings. The minimum absolute atomic E-state index is 0.0482. The molecule has 3 atom stereocenters. The van der Waals surface area contributed by atoms with Gasteiger partial charge in [0.1, 0.15) is 5.82 Å². The zero-order chi connectivity index (χ0) is 26.2. The maximum Gasteiger partial charge on any atom is 0.289 e. The first-order valence-electron chi connectivity index (χ1n) is 12.2. The summed E-state index contributed by atoms with van der Waals surface area (Å²) in [6.45, 7) is 1.82. The maximum atomic E-state index is 13.7. The fourth-order valence-electron chi connectivity index (χ4n) is 5.03. The Balaban J connectivity index is 1.39. The van der Waals surface area contributed by atoms with Crippen molar-refractivity contribution in [3.63, 3.8) is 0 Å². The van der Waals surface area contributed by atoms with Crippen molar-refractivity contribution in [3.8, 4) is 5.69 Å². The van der Waals surface area contributed by atoms with Gasteiger partial charge in [-0.1, -0.05) is 37.3 Å². The third-order valence-electron chi connectivity index (χ3n) is 6.89. The van der Waals surface area contributed by atoms with Crippen LogP contribution < -0.4 is 10.2 Å². The number of hydrogen-bond acceptors (Lipinski definition) is 5. The number of rotatable bonds is 5. The van der Waals surface area contributed by atoms with E-state index in [0.717, 1.165) is 22.2 Å². The second-order valence-electron chi connectivity index (χ2n) is 9.20. The van der Waals surface area contributed by atoms with E-state index in [9.17, 15) is 14.0 Å². The van der Waals surface area contributed by atoms with Crippen LogP contribution in [0.4, 0.5) is 10.1 Å². The quantitative estimate of drug-likeness (QED) is 0.380. The average Bonchev–Trinajstić information content (AvgIpc) is 3.48. The van der Waals surface area contributed by atoms with E-state index in [-0.39, 0.29) is 17.5 Å². The fraction of sp³-hybridized carbons (Fsp3) is 0.138. The fourth-order valence-corrected chi connectivity index (χ4v) is 5.03. The zero-order valence-corrected chi connectivity index (χ0v) is 20.4. The van der Waals surface area contributed by atoms with Crippen molar-refractivity contribution in [3.05, 3.63) is 115 Å². The maximum absolute atomic E-state index is 13.7. The van der Waals surface area contributed by atoms with Crippen LogP contribution in [0.3, 0.4) is 0 Å². The minimum atomic E-state index is -0.515. The molecule has 3 heterocycles. The highest BCUT2D eigenvalue weighted by Crippen LogP contribution is 2.41. The molecule has 0 spiro atoms. The van der Waals surface area contributed by atoms with E-state index in [1.54, 1.807) is 34.0 Å². The summed E-state index contributed by atoms with van der Waals surface area (Å²) in [5, 5.41) is 8.32. The summed E-state index contributed by atoms with van der Waals surface area (Å²) in [6, 6.07) is 22.1. The summed E-state index contributed by atoms with van der Waals surface area (Å²) in [4.78, 5) is 36.6. The van der Waals surface area contributed by atoms with Gasteiger partial charge in [0, 0.05) is 23.5 Å². The van der Waals surface area contributed by atoms with Crippen molar-refractivity contribution in [2.45, 2.75) is 19.0 Å². The summed E-state index contributed by atoms with van der Waals surface area (Å²) in [7, 11) is 0. The SMILES string of the molecule is C[C@@H]1C(=O)N(c2ccc3c(cnn3-c3ccc(F)cc3)c2)[C@H](c2ccccc2)C1NC(=O)c1ncccn1. The first-order valence-corrected chi connectivity index (χ1v) is 12.2. The molecule has 9 heteroatoms. The van der Waals surface area contributed by atoms with Crippen molar-refractivity contribution < 1.29 is 14.0 Å². The molecular weight excluding hydrogens is 483 g/mol. The molecule has 1 aliphatic rings. The lowest BCUT2D eigenvalue weighted by molar-refractivity contribution is -0.120. The molecule has 1 N–H and O–H groups in total. The molecule has 3 aromatic carbocycles. The number of fused-ring (bicyclic) bond motifs is 1. The molecular formula is C29H23FN6O2. The Labute approximate surface area is 217 Å². The van der Waals surface area contributed by atoms with Crippen molar-refractivity contribution in [2.24, 2.45) is 5.92 Å². The molecule has 6 rings (SSSR count). The monoisotopic (exact) mass is 506 g/mol. The summed E-state index contributed by atoms with van der Waals surface area (Å²) in [5.74, 6) is -1.31. The number of amides is 2. The van der Waals surface area contributed by atoms with Crippen LogP contribution in [0.5, 0.6) is 0 Å². The standard InChI is InChI=1S/C29H23FN6O2/c1-18-25(34-28(37)27-31-14-5-15-32-27)26(19-6-3-2-4-7-19)35(29(18)38)23-12-13-24-20(16-23)17-33-36(24)22-10-8-21(30)9-11-22/h2-18,25-26H,1H3,(H,34,37)/t18-,25?,26+/m0/s1. The number of carbonyl (C=O) groups excluding carboxylic acids is 2. The normalized spacial score (nSPS) is 19.2. The molecule has 0 saturated carbocycles. The molecule has 38 heavy (non-hydrogen) atoms. The molecule has 2 amide bonds. The van der Waals surface area contributed by atoms with E-state index in [1.165, 1.54) is 24.5 Å². The third-order valence-corrected chi connectivity index (χ3v) is 6.89. The first kappa shape index (κ1) is 23.5. The number of halogens is 1. The molecule has 1 saturated heterocycles. The molecule has 0 aliphatic carbocycles. The topological polar surface area (TPSA) is 93.0 Å². The highest BCUT2D eigenvalue weighted by molar-refractivity contribution is 6.02. The van der Waals surface area contributed by atoms with Crippen molar-refractivity contribution >= 4 is 28.4 Å². The molecule has 8 nitrogen and oxygen atoms in total. The van der Waals surface area contributed by atoms with Crippen LogP contribution in [0.25, 0.3) is 16.6 Å². The molecule has 1 unspecified atom stereocenters. The van der Waals surface area contributed by atoms with E-state index in [2.05, 4.69) is 20.4 Å². The van der Waals surface area contributed by atoms with E-state index < -0.39 is 23.9 Å². The van der Waals surface area contributed by atoms with Crippen molar-refractivity contribution in [1.82, 2.24) is 25.1 Å². The molecule has 1 aliphatic heterocycles. The summed E-state index contributed by atoms with van der Waals surface area (Å²) in [6.07, 6.45) is 4.73. The van der Waals surface area contributed by atoms with Crippen LogP contribution in [0, 0.1) is 11.7 Å². The Hall–Kier alpha value is -4.92. The lowest BCUT2D eigenvalue weighted by atomic mass is 9.94. The highest BCUT2D eigenvalue weighted by atomic mass is 19.1. The van der Waals surface area contributed by atoms with Crippen molar-refractivity contribution in [1.29, 1.82) is 0 Å². The van der Waals surface area contributed by atoms with Gasteiger partial charge in [-0.3, -0.25) is 9.59 Å². The number of nitrogens with one attached hydrogen (secondary N) is 1. The smallest absolute Gasteiger partial charge is 0.289 e. The van der Waals surface area contributed by atoms with Crippen LogP contribution in [-0.2, 0) is 4.79 Å². The molecule has 1 fully saturated rings. The number of benzene rings is 3. The Morgan fingerprint density at radius 2 is 1.63 bits per heavy atom. The Kier molecular flexibility index (Phi) is 5.88. The number of carbonyl (C=O) groups is 2. The van der Waals surface area contributed by atoms with Crippen molar-refractivity contribution in [2.75, 3.05) is 4.90 Å². The van der Waals surface area contributed by atoms with Gasteiger partial charge in [0.05, 0.1) is 35.4 Å². The van der Waals surface area contributed by atoms with Gasteiger partial charge in [-0.25, -0.2) is 19.0 Å². The van der Waals surface area contributed by atoms with E-state index in [4.69, 9.17) is 0 Å². The number of hydrogen-bond donors (Lipinski definition) is 1. The lowest BCUT2D eigenvalue weighted by Gasteiger charge is -2.29. The van der Waals surface area contributed by atoms with Gasteiger partial charge in [0.2, 0.25) is 11.7 Å². The van der Waals surface area contributed by atoms with Gasteiger partial charge in [-0.2, -0.15) is 5.10 Å². The average molecular weight is 507 g/mol. The van der Waals surface area contributed by atoms with Gasteiger partial charge >= 0.3 is 0 Å². The number of aromatic nitrogens is 4. The Bertz CT molecular complexity index is 1620. The first-order chi connectivity index (χ1) is 18.5. The van der Waals surface area contributed by atoms with Gasteiger partial charge in [0.25, 0.3) is 5.91 Å². The van der Waals surface area contributed by atoms with Gasteiger partial charge in [-0.05, 0) is 54.1 Å². The second kappa shape index (κ2) is 9.51. The number of anilines is 1. The van der Waals surface area contributed by atoms with E-state index >= 15 is 0 Å². The highest BCUT2D eigenvalue weighted by Gasteiger charge is 2.48. The Morgan fingerprint density at radius 1 is 0.921 bits per heavy atom. The van der Waals surface area contributed by atoms with Crippen LogP contribution >= 0.6 is 0 Å². The largest absolute Gasteiger partial charge is 0.343 e. The van der Waals surface area contributed by atoms with Gasteiger partial charge in [0.15, 0.2) is 0 Å². The van der Waals surface area contributed by atoms with Crippen LogP contribution in [0.15, 0.2) is 97.5 Å². The summed E-state index contributed by atoms with van der Waals surface area (Å²) < 4.78 is 15.1.